The van der Waals surface area contributed by atoms with Crippen LogP contribution in [0.15, 0.2) is 65.7 Å². The fourth-order valence-electron chi connectivity index (χ4n) is 2.77. The summed E-state index contributed by atoms with van der Waals surface area (Å²) in [7, 11) is 0. The maximum Gasteiger partial charge on any atom is 0.234 e. The van der Waals surface area contributed by atoms with Crippen molar-refractivity contribution < 1.29 is 4.79 Å². The molecule has 0 bridgehead atoms. The number of halogens is 2. The van der Waals surface area contributed by atoms with E-state index in [1.807, 2.05) is 49.4 Å². The van der Waals surface area contributed by atoms with E-state index in [1.54, 1.807) is 29.5 Å². The van der Waals surface area contributed by atoms with Crippen LogP contribution in [0.5, 0.6) is 0 Å². The van der Waals surface area contributed by atoms with Crippen LogP contribution in [0.2, 0.25) is 10.0 Å². The molecule has 0 unspecified atom stereocenters. The molecule has 5 nitrogen and oxygen atoms in total. The van der Waals surface area contributed by atoms with Crippen molar-refractivity contribution >= 4 is 57.9 Å². The molecule has 2 heterocycles. The highest BCUT2D eigenvalue weighted by Gasteiger charge is 2.13. The molecule has 2 aromatic heterocycles. The van der Waals surface area contributed by atoms with Crippen LogP contribution < -0.4 is 5.32 Å². The first kappa shape index (κ1) is 21.8. The molecule has 4 aromatic rings. The molecule has 156 valence electrons. The molecule has 9 heteroatoms. The maximum absolute atomic E-state index is 12.2. The molecule has 0 spiro atoms. The van der Waals surface area contributed by atoms with Gasteiger partial charge in [-0.3, -0.25) is 4.79 Å². The smallest absolute Gasteiger partial charge is 0.234 e. The van der Waals surface area contributed by atoms with Gasteiger partial charge in [-0.15, -0.1) is 21.5 Å². The Balaban J connectivity index is 1.39. The zero-order valence-corrected chi connectivity index (χ0v) is 19.4. The third kappa shape index (κ3) is 5.43. The molecular weight excluding hydrogens is 471 g/mol. The molecule has 0 atom stereocenters. The molecule has 0 aliphatic rings. The summed E-state index contributed by atoms with van der Waals surface area (Å²) in [5.74, 6) is 0.0338. The van der Waals surface area contributed by atoms with E-state index in [4.69, 9.17) is 23.2 Å². The fourth-order valence-corrected chi connectivity index (χ4v) is 4.72. The topological polar surface area (TPSA) is 67.8 Å². The van der Waals surface area contributed by atoms with Gasteiger partial charge in [0.05, 0.1) is 26.4 Å². The first-order chi connectivity index (χ1) is 15.0. The lowest BCUT2D eigenvalue weighted by atomic mass is 10.2. The van der Waals surface area contributed by atoms with E-state index in [-0.39, 0.29) is 11.7 Å². The quantitative estimate of drug-likeness (QED) is 0.310. The molecule has 1 N–H and O–H groups in total. The van der Waals surface area contributed by atoms with Gasteiger partial charge in [-0.2, -0.15) is 0 Å². The summed E-state index contributed by atoms with van der Waals surface area (Å²) >= 11 is 14.8. The van der Waals surface area contributed by atoms with Gasteiger partial charge in [0, 0.05) is 11.3 Å². The van der Waals surface area contributed by atoms with Crippen LogP contribution in [-0.4, -0.2) is 26.8 Å². The lowest BCUT2D eigenvalue weighted by molar-refractivity contribution is -0.113. The number of benzene rings is 2. The van der Waals surface area contributed by atoms with Gasteiger partial charge in [-0.1, -0.05) is 65.3 Å². The van der Waals surface area contributed by atoms with E-state index >= 15 is 0 Å². The molecule has 0 radical (unpaired) electrons. The van der Waals surface area contributed by atoms with Crippen molar-refractivity contribution in [3.63, 3.8) is 0 Å². The summed E-state index contributed by atoms with van der Waals surface area (Å²) in [6, 6.07) is 18.8. The number of thioether (sulfide) groups is 1. The van der Waals surface area contributed by atoms with Gasteiger partial charge in [0.15, 0.2) is 0 Å². The van der Waals surface area contributed by atoms with Crippen LogP contribution in [0, 0.1) is 6.92 Å². The summed E-state index contributed by atoms with van der Waals surface area (Å²) in [6.45, 7) is 1.97. The average molecular weight is 487 g/mol. The van der Waals surface area contributed by atoms with E-state index in [1.165, 1.54) is 11.8 Å². The highest BCUT2D eigenvalue weighted by atomic mass is 35.5. The second-order valence-corrected chi connectivity index (χ2v) is 9.33. The molecule has 4 rings (SSSR count). The van der Waals surface area contributed by atoms with Crippen molar-refractivity contribution in [2.45, 2.75) is 11.9 Å². The van der Waals surface area contributed by atoms with Crippen LogP contribution in [0.4, 0.5) is 5.69 Å². The van der Waals surface area contributed by atoms with Gasteiger partial charge in [0.2, 0.25) is 5.91 Å². The predicted octanol–water partition coefficient (Wildman–Crippen LogP) is 6.61. The summed E-state index contributed by atoms with van der Waals surface area (Å²) in [6.07, 6.45) is 0. The molecule has 2 aromatic carbocycles. The molecule has 0 saturated carbocycles. The molecular formula is C22H16Cl2N4OS2. The summed E-state index contributed by atoms with van der Waals surface area (Å²) in [5, 5.41) is 13.8. The molecule has 0 saturated heterocycles. The highest BCUT2D eigenvalue weighted by Crippen LogP contribution is 2.34. The lowest BCUT2D eigenvalue weighted by Gasteiger charge is -2.06. The Hall–Kier alpha value is -2.45. The van der Waals surface area contributed by atoms with Crippen molar-refractivity contribution in [2.75, 3.05) is 11.1 Å². The number of anilines is 1. The molecule has 0 aliphatic heterocycles. The van der Waals surface area contributed by atoms with Crippen LogP contribution in [0.1, 0.15) is 5.69 Å². The Morgan fingerprint density at radius 2 is 1.84 bits per heavy atom. The number of nitrogens with one attached hydrogen (secondary N) is 1. The van der Waals surface area contributed by atoms with Crippen molar-refractivity contribution in [2.24, 2.45) is 0 Å². The maximum atomic E-state index is 12.2. The Labute approximate surface area is 197 Å². The average Bonchev–Trinajstić information content (AvgIpc) is 3.17. The third-order valence-electron chi connectivity index (χ3n) is 4.24. The summed E-state index contributed by atoms with van der Waals surface area (Å²) in [4.78, 5) is 17.8. The number of nitrogens with zero attached hydrogens (tertiary/aromatic N) is 3. The predicted molar refractivity (Wildman–Crippen MR) is 129 cm³/mol. The Morgan fingerprint density at radius 1 is 1.03 bits per heavy atom. The normalized spacial score (nSPS) is 10.8. The highest BCUT2D eigenvalue weighted by molar-refractivity contribution is 7.99. The summed E-state index contributed by atoms with van der Waals surface area (Å²) < 4.78 is 0. The van der Waals surface area contributed by atoms with E-state index in [2.05, 4.69) is 20.5 Å². The van der Waals surface area contributed by atoms with Gasteiger partial charge in [-0.25, -0.2) is 4.98 Å². The SMILES string of the molecule is Cc1nc(-c2ccccc2)sc1-c1ccc(SCC(=O)Nc2ccc(Cl)c(Cl)c2)nn1. The van der Waals surface area contributed by atoms with Crippen LogP contribution in [0.25, 0.3) is 21.1 Å². The van der Waals surface area contributed by atoms with Crippen LogP contribution in [-0.2, 0) is 4.79 Å². The third-order valence-corrected chi connectivity index (χ3v) is 7.13. The first-order valence-corrected chi connectivity index (χ1v) is 11.8. The molecule has 31 heavy (non-hydrogen) atoms. The number of thiazole rings is 1. The Bertz CT molecular complexity index is 1210. The van der Waals surface area contributed by atoms with E-state index in [9.17, 15) is 4.79 Å². The van der Waals surface area contributed by atoms with Gasteiger partial charge in [0.1, 0.15) is 15.7 Å². The minimum atomic E-state index is -0.167. The van der Waals surface area contributed by atoms with Gasteiger partial charge >= 0.3 is 0 Å². The standard InChI is InChI=1S/C22H16Cl2N4OS2/c1-13-21(31-22(25-13)14-5-3-2-4-6-14)18-9-10-20(28-27-18)30-12-19(29)26-15-7-8-16(23)17(24)11-15/h2-11H,12H2,1H3,(H,26,29). The monoisotopic (exact) mass is 486 g/mol. The van der Waals surface area contributed by atoms with E-state index in [0.717, 1.165) is 26.8 Å². The number of hydrogen-bond donors (Lipinski definition) is 1. The zero-order chi connectivity index (χ0) is 21.8. The van der Waals surface area contributed by atoms with Gasteiger partial charge in [0.25, 0.3) is 0 Å². The van der Waals surface area contributed by atoms with Gasteiger partial charge < -0.3 is 5.32 Å². The number of aromatic nitrogens is 3. The second-order valence-electron chi connectivity index (χ2n) is 6.52. The van der Waals surface area contributed by atoms with Crippen molar-refractivity contribution in [1.82, 2.24) is 15.2 Å². The lowest BCUT2D eigenvalue weighted by Crippen LogP contribution is -2.14. The largest absolute Gasteiger partial charge is 0.325 e. The van der Waals surface area contributed by atoms with Crippen LogP contribution in [0.3, 0.4) is 0 Å². The number of rotatable bonds is 6. The Morgan fingerprint density at radius 3 is 2.55 bits per heavy atom. The zero-order valence-electron chi connectivity index (χ0n) is 16.3. The minimum Gasteiger partial charge on any atom is -0.325 e. The molecule has 0 fully saturated rings. The first-order valence-electron chi connectivity index (χ1n) is 9.24. The van der Waals surface area contributed by atoms with Crippen LogP contribution >= 0.6 is 46.3 Å². The number of hydrogen-bond acceptors (Lipinski definition) is 6. The van der Waals surface area contributed by atoms with Crippen molar-refractivity contribution in [1.29, 1.82) is 0 Å². The van der Waals surface area contributed by atoms with E-state index < -0.39 is 0 Å². The van der Waals surface area contributed by atoms with Gasteiger partial charge in [-0.05, 0) is 37.3 Å². The second kappa shape index (κ2) is 9.78. The number of aryl methyl sites for hydroxylation is 1. The van der Waals surface area contributed by atoms with E-state index in [0.29, 0.717) is 20.8 Å². The van der Waals surface area contributed by atoms with Crippen molar-refractivity contribution in [3.05, 3.63) is 76.4 Å². The van der Waals surface area contributed by atoms with Crippen molar-refractivity contribution in [3.8, 4) is 21.1 Å². The molecule has 1 amide bonds. The number of carbonyl (C=O) groups is 1. The minimum absolute atomic E-state index is 0.167. The number of carbonyl (C=O) groups excluding carboxylic acids is 1. The number of amides is 1. The fraction of sp³-hybridized carbons (Fsp3) is 0.0909. The Kier molecular flexibility index (Phi) is 6.87. The summed E-state index contributed by atoms with van der Waals surface area (Å²) in [5.41, 5.74) is 3.35. The molecule has 0 aliphatic carbocycles.